The first kappa shape index (κ1) is 90.6. The predicted molar refractivity (Wildman–Crippen MR) is 491 cm³/mol. The number of hydrogen-bond donors (Lipinski definition) is 6. The van der Waals surface area contributed by atoms with Crippen LogP contribution in [0.5, 0.6) is 0 Å². The van der Waals surface area contributed by atoms with E-state index in [4.69, 9.17) is 26.0 Å². The molecule has 7 N–H and O–H groups in total. The van der Waals surface area contributed by atoms with Gasteiger partial charge in [0.15, 0.2) is 22.3 Å². The van der Waals surface area contributed by atoms with E-state index in [9.17, 15) is 9.59 Å². The van der Waals surface area contributed by atoms with Crippen molar-refractivity contribution >= 4 is 152 Å². The van der Waals surface area contributed by atoms with Gasteiger partial charge in [-0.15, -0.1) is 0 Å². The number of pyridine rings is 8. The van der Waals surface area contributed by atoms with Crippen LogP contribution in [-0.2, 0) is 12.8 Å². The fraction of sp³-hybridized carbons (Fsp3) is 0.258. The summed E-state index contributed by atoms with van der Waals surface area (Å²) >= 11 is 13.0. The SMILES string of the molecule is Brc1ccc2cc[nH]c2n1.CC(C)[Si](C(C)C)(C(C)C)n1ccc2ccc(Br)nc21.CC(C)[Si](C(C)C)(C(C)C)n1ccc2ccc(NCCc3ccccn3)nc21.CO.NCCc1ccccn1.O=C(Br)c1ccccc1.O=C(c1ccccc1)n1ccc2ccc(Br)nc21.On1cccc2ccnc1-2.c1cnc2[nH]ccc2c1. The zero-order valence-corrected chi connectivity index (χ0v) is 75.7. The van der Waals surface area contributed by atoms with Crippen LogP contribution in [0.2, 0.25) is 33.2 Å². The Morgan fingerprint density at radius 2 is 0.896 bits per heavy atom. The normalized spacial score (nSPS) is 11.1. The van der Waals surface area contributed by atoms with Gasteiger partial charge in [0.2, 0.25) is 4.69 Å². The number of rotatable bonds is 16. The number of fused-ring (bicyclic) bond motifs is 6. The van der Waals surface area contributed by atoms with Gasteiger partial charge in [0, 0.05) is 131 Å². The zero-order valence-electron chi connectivity index (χ0n) is 67.4. The van der Waals surface area contributed by atoms with Crippen LogP contribution in [0.4, 0.5) is 5.82 Å². The molecule has 0 spiro atoms. The first-order valence-electron chi connectivity index (χ1n) is 38.3. The van der Waals surface area contributed by atoms with Crippen molar-refractivity contribution < 1.29 is 19.9 Å². The third kappa shape index (κ3) is 23.9. The predicted octanol–water partition coefficient (Wildman–Crippen LogP) is 22.9. The lowest BCUT2D eigenvalue weighted by Gasteiger charge is -2.44. The number of aromatic nitrogens is 14. The molecule has 0 saturated heterocycles. The van der Waals surface area contributed by atoms with Gasteiger partial charge in [-0.2, -0.15) is 4.73 Å². The number of halogens is 4. The topological polar surface area (TPSA) is 267 Å². The highest BCUT2D eigenvalue weighted by atomic mass is 79.9. The van der Waals surface area contributed by atoms with Gasteiger partial charge in [-0.25, -0.2) is 29.9 Å². The van der Waals surface area contributed by atoms with Crippen molar-refractivity contribution in [3.8, 4) is 11.4 Å². The number of aliphatic hydroxyl groups excluding tert-OH is 1. The molecule has 2 aliphatic rings. The van der Waals surface area contributed by atoms with Crippen molar-refractivity contribution in [3.05, 3.63) is 305 Å². The zero-order chi connectivity index (χ0) is 83.2. The second kappa shape index (κ2) is 44.8. The van der Waals surface area contributed by atoms with Crippen LogP contribution in [0.3, 0.4) is 0 Å². The van der Waals surface area contributed by atoms with E-state index in [0.29, 0.717) is 62.4 Å². The van der Waals surface area contributed by atoms with E-state index in [0.717, 1.165) is 107 Å². The number of H-pyrrole nitrogens is 2. The van der Waals surface area contributed by atoms with Crippen molar-refractivity contribution in [3.63, 3.8) is 0 Å². The highest BCUT2D eigenvalue weighted by Crippen LogP contribution is 2.46. The summed E-state index contributed by atoms with van der Waals surface area (Å²) in [6.07, 6.45) is 20.5. The van der Waals surface area contributed by atoms with Crippen LogP contribution in [0.15, 0.2) is 282 Å². The summed E-state index contributed by atoms with van der Waals surface area (Å²) in [5.41, 5.74) is 18.6. The maximum Gasteiger partial charge on any atom is 0.263 e. The van der Waals surface area contributed by atoms with Gasteiger partial charge in [-0.1, -0.05) is 144 Å². The van der Waals surface area contributed by atoms with E-state index in [1.54, 1.807) is 65.9 Å². The lowest BCUT2D eigenvalue weighted by Crippen LogP contribution is -2.51. The Balaban J connectivity index is 0.000000170. The number of anilines is 1. The van der Waals surface area contributed by atoms with E-state index in [2.05, 4.69) is 249 Å². The van der Waals surface area contributed by atoms with Crippen LogP contribution in [0.1, 0.15) is 115 Å². The molecule has 0 fully saturated rings. The smallest absolute Gasteiger partial charge is 0.263 e. The molecule has 14 aromatic rings. The third-order valence-electron chi connectivity index (χ3n) is 19.8. The van der Waals surface area contributed by atoms with E-state index in [1.165, 1.54) is 10.8 Å². The second-order valence-electron chi connectivity index (χ2n) is 28.7. The average molecular weight is 1840 g/mol. The molecular formula is C89H104Br4N16O4Si2. The molecule has 0 bridgehead atoms. The summed E-state index contributed by atoms with van der Waals surface area (Å²) in [4.78, 5) is 63.8. The number of aliphatic hydroxyl groups is 1. The lowest BCUT2D eigenvalue weighted by atomic mass is 10.2. The number of nitrogens with one attached hydrogen (secondary N) is 3. The molecule has 14 heterocycles. The molecule has 12 aromatic heterocycles. The Labute approximate surface area is 710 Å². The van der Waals surface area contributed by atoms with E-state index < -0.39 is 16.5 Å². The molecule has 0 atom stereocenters. The highest BCUT2D eigenvalue weighted by Gasteiger charge is 2.47. The Bertz CT molecular complexity index is 5470. The Kier molecular flexibility index (Phi) is 35.3. The first-order chi connectivity index (χ1) is 55.4. The van der Waals surface area contributed by atoms with Crippen LogP contribution in [0.25, 0.3) is 66.6 Å². The third-order valence-corrected chi connectivity index (χ3v) is 35.1. The molecule has 26 heteroatoms. The van der Waals surface area contributed by atoms with Gasteiger partial charge in [-0.3, -0.25) is 24.1 Å². The molecule has 600 valence electrons. The molecule has 16 rings (SSSR count). The minimum atomic E-state index is -1.81. The number of aromatic amines is 2. The van der Waals surface area contributed by atoms with Crippen molar-refractivity contribution in [2.45, 2.75) is 129 Å². The fourth-order valence-electron chi connectivity index (χ4n) is 15.1. The largest absolute Gasteiger partial charge is 0.427 e. The Hall–Kier alpha value is -9.91. The molecule has 20 nitrogen and oxygen atoms in total. The summed E-state index contributed by atoms with van der Waals surface area (Å²) in [5, 5.41) is 25.3. The van der Waals surface area contributed by atoms with Crippen LogP contribution in [-0.4, -0.2) is 125 Å². The van der Waals surface area contributed by atoms with E-state index >= 15 is 0 Å². The maximum atomic E-state index is 12.3. The number of nitrogens with two attached hydrogens (primary N) is 1. The lowest BCUT2D eigenvalue weighted by molar-refractivity contribution is 0.0964. The molecule has 2 aromatic carbocycles. The Morgan fingerprint density at radius 1 is 0.435 bits per heavy atom. The number of hydrogen-bond acceptors (Lipinski definition) is 14. The van der Waals surface area contributed by atoms with Crippen LogP contribution >= 0.6 is 63.7 Å². The van der Waals surface area contributed by atoms with Gasteiger partial charge < -0.3 is 39.8 Å². The Morgan fingerprint density at radius 3 is 1.40 bits per heavy atom. The summed E-state index contributed by atoms with van der Waals surface area (Å²) in [6, 6.07) is 66.1. The second-order valence-corrected chi connectivity index (χ2v) is 43.3. The quantitative estimate of drug-likeness (QED) is 0.0227. The van der Waals surface area contributed by atoms with Gasteiger partial charge in [-0.05, 0) is 261 Å². The van der Waals surface area contributed by atoms with Crippen LogP contribution < -0.4 is 11.1 Å². The number of nitrogens with zero attached hydrogens (tertiary/aromatic N) is 12. The number of carbonyl (C=O) groups is 2. The first-order valence-corrected chi connectivity index (χ1v) is 45.8. The molecular weight excluding hydrogens is 1730 g/mol. The van der Waals surface area contributed by atoms with Crippen molar-refractivity contribution in [1.82, 2.24) is 67.6 Å². The van der Waals surface area contributed by atoms with E-state index in [-0.39, 0.29) is 10.6 Å². The van der Waals surface area contributed by atoms with Gasteiger partial charge in [0.1, 0.15) is 47.9 Å². The fourth-order valence-corrected chi connectivity index (χ4v) is 29.4. The molecule has 0 unspecified atom stereocenters. The molecule has 0 radical (unpaired) electrons. The van der Waals surface area contributed by atoms with Crippen molar-refractivity contribution in [2.24, 2.45) is 5.73 Å². The number of carbonyl (C=O) groups excluding carboxylic acids is 2. The van der Waals surface area contributed by atoms with Crippen molar-refractivity contribution in [2.75, 3.05) is 25.5 Å². The summed E-state index contributed by atoms with van der Waals surface area (Å²) in [5.74, 6) is 1.47. The minimum Gasteiger partial charge on any atom is -0.427 e. The molecule has 0 amide bonds. The molecule has 0 aliphatic carbocycles. The van der Waals surface area contributed by atoms with Gasteiger partial charge >= 0.3 is 0 Å². The minimum absolute atomic E-state index is 0.0666. The molecule has 2 aliphatic heterocycles. The van der Waals surface area contributed by atoms with E-state index in [1.807, 2.05) is 158 Å². The van der Waals surface area contributed by atoms with Gasteiger partial charge in [0.05, 0.1) is 0 Å². The summed E-state index contributed by atoms with van der Waals surface area (Å²) in [7, 11) is -2.51. The summed E-state index contributed by atoms with van der Waals surface area (Å²) in [6.45, 7) is 30.2. The van der Waals surface area contributed by atoms with Crippen molar-refractivity contribution in [1.29, 1.82) is 0 Å². The van der Waals surface area contributed by atoms with Gasteiger partial charge in [0.25, 0.3) is 5.91 Å². The summed E-state index contributed by atoms with van der Waals surface area (Å²) < 4.78 is 10.1. The average Bonchev–Trinajstić information content (AvgIpc) is 1.67. The molecule has 115 heavy (non-hydrogen) atoms. The highest BCUT2D eigenvalue weighted by molar-refractivity contribution is 9.18. The molecule has 0 saturated carbocycles. The maximum absolute atomic E-state index is 12.3. The van der Waals surface area contributed by atoms with Crippen LogP contribution in [0, 0.1) is 0 Å². The number of benzene rings is 2. The standard InChI is InChI=1S/C23H34N4Si.C16H25BrN2Si.C14H9BrN2O.C7H5BrN2.C7H5BrO.C7H6N2O.C7H6N2.C7H10N2.CH4O/c1-17(2)28(18(3)4,19(5)6)27-16-13-20-10-11-22(26-23(20)27)25-15-12-21-9-7-8-14-24-21;1-11(2)20(12(3)4,13(5)6)19-10-9-14-7-8-15(17)18-16(14)19;15-12-7-6-10-8-9-17(13(10)16-12)14(18)11-4-2-1-3-5-11;8-6-2-1-5-3-4-9-7(5)10-6;8-7(9)6-4-2-1-3-5-6;10-9-5-1-2-6-3-4-8-7(6)9;1-2-6-3-5-9-7(6)8-4-1;8-5-4-7-3-1-2-6-9-7;1-2/h7-11,13-14,16-19H,12,15H2,1-6H3,(H,25,26);7-13H,1-6H3;1-9H;1-4H,(H,9,10);1-5H;1-5,10H;1-5H,(H,8,9);1-3,6H,4-5,8H2;2H,1H3. The monoisotopic (exact) mass is 1830 g/mol.